The molecule has 1 aliphatic rings. The molecule has 3 nitrogen and oxygen atoms in total. The van der Waals surface area contributed by atoms with Crippen molar-refractivity contribution in [3.8, 4) is 0 Å². The predicted molar refractivity (Wildman–Crippen MR) is 76.3 cm³/mol. The van der Waals surface area contributed by atoms with Gasteiger partial charge in [0.1, 0.15) is 0 Å². The van der Waals surface area contributed by atoms with Gasteiger partial charge in [0.15, 0.2) is 5.11 Å². The number of thiocarbonyl (C=S) groups is 1. The van der Waals surface area contributed by atoms with Crippen LogP contribution in [0.25, 0.3) is 0 Å². The van der Waals surface area contributed by atoms with E-state index in [0.29, 0.717) is 6.04 Å². The second kappa shape index (κ2) is 7.88. The molecule has 2 atom stereocenters. The lowest BCUT2D eigenvalue weighted by Crippen LogP contribution is -2.45. The van der Waals surface area contributed by atoms with Crippen molar-refractivity contribution in [2.24, 2.45) is 5.92 Å². The predicted octanol–water partition coefficient (Wildman–Crippen LogP) is 2.41. The number of hydrogen-bond acceptors (Lipinski definition) is 2. The normalized spacial score (nSPS) is 24.4. The molecule has 0 heterocycles. The second-order valence-electron chi connectivity index (χ2n) is 5.11. The molecule has 0 saturated heterocycles. The van der Waals surface area contributed by atoms with Gasteiger partial charge >= 0.3 is 0 Å². The summed E-state index contributed by atoms with van der Waals surface area (Å²) in [5.41, 5.74) is 0. The summed E-state index contributed by atoms with van der Waals surface area (Å²) in [5.74, 6) is 0.840. The van der Waals surface area contributed by atoms with Gasteiger partial charge in [0.25, 0.3) is 0 Å². The van der Waals surface area contributed by atoms with Crippen LogP contribution in [-0.2, 0) is 4.74 Å². The minimum atomic E-state index is 0.626. The van der Waals surface area contributed by atoms with E-state index in [4.69, 9.17) is 17.0 Å². The van der Waals surface area contributed by atoms with Gasteiger partial charge in [-0.2, -0.15) is 0 Å². The minimum Gasteiger partial charge on any atom is -0.385 e. The van der Waals surface area contributed by atoms with Crippen LogP contribution in [0.3, 0.4) is 0 Å². The summed E-state index contributed by atoms with van der Waals surface area (Å²) in [5, 5.41) is 4.20. The quantitative estimate of drug-likeness (QED) is 0.604. The molecule has 1 N–H and O–H groups in total. The van der Waals surface area contributed by atoms with Crippen LogP contribution in [0.1, 0.15) is 39.0 Å². The van der Waals surface area contributed by atoms with Crippen molar-refractivity contribution in [2.45, 2.75) is 45.1 Å². The van der Waals surface area contributed by atoms with Crippen molar-refractivity contribution in [3.63, 3.8) is 0 Å². The zero-order valence-electron chi connectivity index (χ0n) is 11.4. The highest BCUT2D eigenvalue weighted by atomic mass is 32.1. The molecule has 0 spiro atoms. The Bertz CT molecular complexity index is 235. The first-order valence-corrected chi connectivity index (χ1v) is 7.05. The van der Waals surface area contributed by atoms with Crippen molar-refractivity contribution in [2.75, 3.05) is 27.3 Å². The van der Waals surface area contributed by atoms with Crippen LogP contribution in [0.2, 0.25) is 0 Å². The molecule has 17 heavy (non-hydrogen) atoms. The Morgan fingerprint density at radius 3 is 2.88 bits per heavy atom. The van der Waals surface area contributed by atoms with E-state index < -0.39 is 0 Å². The van der Waals surface area contributed by atoms with Crippen LogP contribution in [0.15, 0.2) is 0 Å². The molecule has 4 heteroatoms. The molecule has 1 saturated carbocycles. The zero-order chi connectivity index (χ0) is 12.7. The molecular weight excluding hydrogens is 232 g/mol. The van der Waals surface area contributed by atoms with Crippen molar-refractivity contribution < 1.29 is 4.74 Å². The summed E-state index contributed by atoms with van der Waals surface area (Å²) in [6.07, 6.45) is 6.27. The SMILES string of the molecule is COCCCNC(=S)N(C)C1CCCC(C)C1. The van der Waals surface area contributed by atoms with Crippen molar-refractivity contribution in [1.29, 1.82) is 0 Å². The largest absolute Gasteiger partial charge is 0.385 e. The van der Waals surface area contributed by atoms with E-state index in [1.165, 1.54) is 25.7 Å². The number of nitrogens with zero attached hydrogens (tertiary/aromatic N) is 1. The van der Waals surface area contributed by atoms with E-state index in [9.17, 15) is 0 Å². The lowest BCUT2D eigenvalue weighted by molar-refractivity contribution is 0.194. The topological polar surface area (TPSA) is 24.5 Å². The molecular formula is C13H26N2OS. The van der Waals surface area contributed by atoms with Crippen LogP contribution in [-0.4, -0.2) is 43.4 Å². The fraction of sp³-hybridized carbons (Fsp3) is 0.923. The monoisotopic (exact) mass is 258 g/mol. The number of hydrogen-bond donors (Lipinski definition) is 1. The number of nitrogens with one attached hydrogen (secondary N) is 1. The summed E-state index contributed by atoms with van der Waals surface area (Å²) in [4.78, 5) is 2.25. The molecule has 1 fully saturated rings. The van der Waals surface area contributed by atoms with E-state index in [0.717, 1.165) is 30.6 Å². The molecule has 0 radical (unpaired) electrons. The van der Waals surface area contributed by atoms with Gasteiger partial charge in [0.05, 0.1) is 0 Å². The first-order chi connectivity index (χ1) is 8.15. The first kappa shape index (κ1) is 14.7. The van der Waals surface area contributed by atoms with Gasteiger partial charge in [-0.25, -0.2) is 0 Å². The van der Waals surface area contributed by atoms with Gasteiger partial charge in [-0.3, -0.25) is 0 Å². The average molecular weight is 258 g/mol. The van der Waals surface area contributed by atoms with E-state index >= 15 is 0 Å². The summed E-state index contributed by atoms with van der Waals surface area (Å²) < 4.78 is 5.02. The van der Waals surface area contributed by atoms with Gasteiger partial charge in [0.2, 0.25) is 0 Å². The van der Waals surface area contributed by atoms with Gasteiger partial charge in [-0.05, 0) is 37.4 Å². The summed E-state index contributed by atoms with van der Waals surface area (Å²) in [7, 11) is 3.85. The van der Waals surface area contributed by atoms with Crippen LogP contribution >= 0.6 is 12.2 Å². The van der Waals surface area contributed by atoms with Gasteiger partial charge in [-0.1, -0.05) is 19.8 Å². The molecule has 0 aliphatic heterocycles. The molecule has 0 bridgehead atoms. The Balaban J connectivity index is 2.25. The summed E-state index contributed by atoms with van der Waals surface area (Å²) >= 11 is 5.42. The highest BCUT2D eigenvalue weighted by Crippen LogP contribution is 2.26. The van der Waals surface area contributed by atoms with E-state index in [1.807, 2.05) is 0 Å². The third-order valence-corrected chi connectivity index (χ3v) is 4.01. The summed E-state index contributed by atoms with van der Waals surface area (Å²) in [6.45, 7) is 4.04. The molecule has 2 unspecified atom stereocenters. The second-order valence-corrected chi connectivity index (χ2v) is 5.50. The van der Waals surface area contributed by atoms with Crippen molar-refractivity contribution in [3.05, 3.63) is 0 Å². The van der Waals surface area contributed by atoms with Crippen LogP contribution < -0.4 is 5.32 Å². The van der Waals surface area contributed by atoms with Crippen molar-refractivity contribution in [1.82, 2.24) is 10.2 Å². The highest BCUT2D eigenvalue weighted by molar-refractivity contribution is 7.80. The molecule has 1 aliphatic carbocycles. The fourth-order valence-electron chi connectivity index (χ4n) is 2.46. The molecule has 0 aromatic rings. The van der Waals surface area contributed by atoms with E-state index in [2.05, 4.69) is 24.2 Å². The Hall–Kier alpha value is -0.350. The molecule has 0 amide bonds. The summed E-state index contributed by atoms with van der Waals surface area (Å²) in [6, 6.07) is 0.626. The Morgan fingerprint density at radius 1 is 1.47 bits per heavy atom. The standard InChI is InChI=1S/C13H26N2OS/c1-11-6-4-7-12(10-11)15(2)13(17)14-8-5-9-16-3/h11-12H,4-10H2,1-3H3,(H,14,17). The third-order valence-electron chi connectivity index (χ3n) is 3.58. The van der Waals surface area contributed by atoms with Crippen LogP contribution in [0.4, 0.5) is 0 Å². The van der Waals surface area contributed by atoms with Gasteiger partial charge in [0, 0.05) is 33.4 Å². The van der Waals surface area contributed by atoms with E-state index in [-0.39, 0.29) is 0 Å². The maximum Gasteiger partial charge on any atom is 0.168 e. The minimum absolute atomic E-state index is 0.626. The molecule has 1 rings (SSSR count). The van der Waals surface area contributed by atoms with E-state index in [1.54, 1.807) is 7.11 Å². The number of methoxy groups -OCH3 is 1. The maximum absolute atomic E-state index is 5.42. The number of rotatable bonds is 5. The lowest BCUT2D eigenvalue weighted by atomic mass is 9.86. The maximum atomic E-state index is 5.42. The fourth-order valence-corrected chi connectivity index (χ4v) is 2.71. The highest BCUT2D eigenvalue weighted by Gasteiger charge is 2.23. The third kappa shape index (κ3) is 5.21. The molecule has 0 aromatic carbocycles. The lowest BCUT2D eigenvalue weighted by Gasteiger charge is -2.35. The number of ether oxygens (including phenoxy) is 1. The first-order valence-electron chi connectivity index (χ1n) is 6.64. The van der Waals surface area contributed by atoms with Crippen molar-refractivity contribution >= 4 is 17.3 Å². The van der Waals surface area contributed by atoms with Crippen LogP contribution in [0.5, 0.6) is 0 Å². The average Bonchev–Trinajstić information content (AvgIpc) is 2.33. The van der Waals surface area contributed by atoms with Gasteiger partial charge < -0.3 is 15.0 Å². The Labute approximate surface area is 111 Å². The zero-order valence-corrected chi connectivity index (χ0v) is 12.2. The van der Waals surface area contributed by atoms with Crippen LogP contribution in [0, 0.1) is 5.92 Å². The Kier molecular flexibility index (Phi) is 6.82. The smallest absolute Gasteiger partial charge is 0.168 e. The van der Waals surface area contributed by atoms with Gasteiger partial charge in [-0.15, -0.1) is 0 Å². The molecule has 0 aromatic heterocycles. The Morgan fingerprint density at radius 2 is 2.24 bits per heavy atom. The molecule has 100 valence electrons.